The zero-order valence-corrected chi connectivity index (χ0v) is 12.9. The van der Waals surface area contributed by atoms with Gasteiger partial charge in [-0.2, -0.15) is 0 Å². The Kier molecular flexibility index (Phi) is 3.51. The van der Waals surface area contributed by atoms with Crippen LogP contribution in [0.25, 0.3) is 0 Å². The minimum Gasteiger partial charge on any atom is -0.268 e. The van der Waals surface area contributed by atoms with E-state index in [4.69, 9.17) is 0 Å². The highest BCUT2D eigenvalue weighted by atomic mass is 32.2. The molecule has 0 aliphatic carbocycles. The Hall–Kier alpha value is -1.79. The molecular formula is C15H13NO3S2. The maximum Gasteiger partial charge on any atom is 0.270 e. The topological polar surface area (TPSA) is 54.5 Å². The lowest BCUT2D eigenvalue weighted by molar-refractivity contribution is 0.0886. The highest BCUT2D eigenvalue weighted by Gasteiger charge is 2.41. The molecule has 1 aliphatic rings. The fourth-order valence-corrected chi connectivity index (χ4v) is 5.01. The molecule has 0 bridgehead atoms. The van der Waals surface area contributed by atoms with E-state index in [1.807, 2.05) is 30.3 Å². The van der Waals surface area contributed by atoms with Crippen LogP contribution in [-0.4, -0.2) is 24.5 Å². The molecule has 0 spiro atoms. The molecule has 0 saturated carbocycles. The van der Waals surface area contributed by atoms with E-state index in [-0.39, 0.29) is 10.8 Å². The van der Waals surface area contributed by atoms with E-state index in [1.54, 1.807) is 19.1 Å². The van der Waals surface area contributed by atoms with Crippen molar-refractivity contribution in [2.24, 2.45) is 0 Å². The van der Waals surface area contributed by atoms with Crippen molar-refractivity contribution < 1.29 is 13.2 Å². The maximum absolute atomic E-state index is 12.5. The fourth-order valence-electron chi connectivity index (χ4n) is 2.26. The van der Waals surface area contributed by atoms with Crippen LogP contribution >= 0.6 is 11.8 Å². The molecule has 21 heavy (non-hydrogen) atoms. The van der Waals surface area contributed by atoms with Gasteiger partial charge in [0.2, 0.25) is 0 Å². The molecule has 0 aromatic heterocycles. The summed E-state index contributed by atoms with van der Waals surface area (Å²) in [5.41, 5.74) is 0.986. The predicted octanol–water partition coefficient (Wildman–Crippen LogP) is 2.89. The monoisotopic (exact) mass is 319 g/mol. The molecule has 0 atom stereocenters. The number of hydrogen-bond acceptors (Lipinski definition) is 4. The number of amides is 1. The molecule has 108 valence electrons. The van der Waals surface area contributed by atoms with Crippen LogP contribution in [0.1, 0.15) is 15.9 Å². The number of aryl methyl sites for hydroxylation is 1. The van der Waals surface area contributed by atoms with Gasteiger partial charge in [-0.25, -0.2) is 12.7 Å². The first kappa shape index (κ1) is 14.2. The van der Waals surface area contributed by atoms with Crippen LogP contribution in [0.2, 0.25) is 0 Å². The van der Waals surface area contributed by atoms with Crippen LogP contribution in [0.3, 0.4) is 0 Å². The summed E-state index contributed by atoms with van der Waals surface area (Å²) in [4.78, 5) is 13.4. The van der Waals surface area contributed by atoms with Gasteiger partial charge < -0.3 is 0 Å². The first-order chi connectivity index (χ1) is 10.0. The van der Waals surface area contributed by atoms with Crippen molar-refractivity contribution in [3.8, 4) is 0 Å². The van der Waals surface area contributed by atoms with Crippen molar-refractivity contribution in [3.05, 3.63) is 59.7 Å². The van der Waals surface area contributed by atoms with Gasteiger partial charge in [0.1, 0.15) is 4.90 Å². The highest BCUT2D eigenvalue weighted by Crippen LogP contribution is 2.34. The molecular weight excluding hydrogens is 306 g/mol. The summed E-state index contributed by atoms with van der Waals surface area (Å²) in [6, 6.07) is 14.3. The number of nitrogens with zero attached hydrogens (tertiary/aromatic N) is 1. The van der Waals surface area contributed by atoms with Crippen molar-refractivity contribution in [2.75, 3.05) is 5.88 Å². The van der Waals surface area contributed by atoms with Gasteiger partial charge in [0.25, 0.3) is 15.9 Å². The maximum atomic E-state index is 12.5. The summed E-state index contributed by atoms with van der Waals surface area (Å²) in [7, 11) is -3.73. The van der Waals surface area contributed by atoms with E-state index < -0.39 is 15.9 Å². The van der Waals surface area contributed by atoms with E-state index in [0.29, 0.717) is 11.1 Å². The average molecular weight is 319 g/mol. The Balaban J connectivity index is 1.92. The molecule has 0 unspecified atom stereocenters. The van der Waals surface area contributed by atoms with Crippen LogP contribution in [0.4, 0.5) is 0 Å². The summed E-state index contributed by atoms with van der Waals surface area (Å²) in [5, 5.41) is 0. The van der Waals surface area contributed by atoms with Gasteiger partial charge in [0.05, 0.1) is 11.4 Å². The number of thioether (sulfide) groups is 1. The van der Waals surface area contributed by atoms with Crippen molar-refractivity contribution in [1.82, 2.24) is 4.31 Å². The Morgan fingerprint density at radius 3 is 2.43 bits per heavy atom. The third-order valence-corrected chi connectivity index (χ3v) is 6.26. The standard InChI is InChI=1S/C15H13NO3S2/c1-11-6-5-9-13-14(11)15(17)16(21(13,18)19)10-20-12-7-3-2-4-8-12/h2-9H,10H2,1H3. The summed E-state index contributed by atoms with van der Waals surface area (Å²) in [5.74, 6) is -0.356. The second-order valence-electron chi connectivity index (χ2n) is 4.69. The predicted molar refractivity (Wildman–Crippen MR) is 81.7 cm³/mol. The van der Waals surface area contributed by atoms with Gasteiger partial charge in [0, 0.05) is 4.90 Å². The van der Waals surface area contributed by atoms with Crippen molar-refractivity contribution >= 4 is 27.7 Å². The summed E-state index contributed by atoms with van der Waals surface area (Å²) >= 11 is 1.33. The Morgan fingerprint density at radius 1 is 1.05 bits per heavy atom. The lowest BCUT2D eigenvalue weighted by atomic mass is 10.1. The molecule has 1 heterocycles. The van der Waals surface area contributed by atoms with Gasteiger partial charge in [-0.3, -0.25) is 4.79 Å². The van der Waals surface area contributed by atoms with Gasteiger partial charge >= 0.3 is 0 Å². The summed E-state index contributed by atoms with van der Waals surface area (Å²) in [6.45, 7) is 1.75. The SMILES string of the molecule is Cc1cccc2c1C(=O)N(CSc1ccccc1)S2(=O)=O. The van der Waals surface area contributed by atoms with Crippen LogP contribution < -0.4 is 0 Å². The second-order valence-corrected chi connectivity index (χ2v) is 7.54. The molecule has 0 radical (unpaired) electrons. The van der Waals surface area contributed by atoms with Crippen molar-refractivity contribution in [2.45, 2.75) is 16.7 Å². The quantitative estimate of drug-likeness (QED) is 0.816. The lowest BCUT2D eigenvalue weighted by Gasteiger charge is -2.14. The van der Waals surface area contributed by atoms with E-state index in [1.165, 1.54) is 17.8 Å². The minimum absolute atomic E-state index is 0.0826. The van der Waals surface area contributed by atoms with E-state index in [2.05, 4.69) is 0 Å². The first-order valence-corrected chi connectivity index (χ1v) is 8.79. The lowest BCUT2D eigenvalue weighted by Crippen LogP contribution is -2.29. The average Bonchev–Trinajstić information content (AvgIpc) is 2.66. The summed E-state index contributed by atoms with van der Waals surface area (Å²) < 4.78 is 25.9. The largest absolute Gasteiger partial charge is 0.270 e. The number of hydrogen-bond donors (Lipinski definition) is 0. The number of sulfonamides is 1. The number of benzene rings is 2. The number of carbonyl (C=O) groups excluding carboxylic acids is 1. The zero-order valence-electron chi connectivity index (χ0n) is 11.3. The minimum atomic E-state index is -3.73. The highest BCUT2D eigenvalue weighted by molar-refractivity contribution is 8.00. The van der Waals surface area contributed by atoms with Gasteiger partial charge in [-0.05, 0) is 30.7 Å². The second kappa shape index (κ2) is 5.20. The van der Waals surface area contributed by atoms with E-state index in [9.17, 15) is 13.2 Å². The third kappa shape index (κ3) is 2.34. The number of rotatable bonds is 3. The van der Waals surface area contributed by atoms with Crippen LogP contribution in [0.15, 0.2) is 58.3 Å². The normalized spacial score (nSPS) is 16.0. The van der Waals surface area contributed by atoms with Gasteiger partial charge in [-0.15, -0.1) is 11.8 Å². The van der Waals surface area contributed by atoms with Crippen LogP contribution in [-0.2, 0) is 10.0 Å². The van der Waals surface area contributed by atoms with Gasteiger partial charge in [0.15, 0.2) is 0 Å². The fraction of sp³-hybridized carbons (Fsp3) is 0.133. The molecule has 0 fully saturated rings. The Bertz CT molecular complexity index is 801. The Morgan fingerprint density at radius 2 is 1.76 bits per heavy atom. The Labute approximate surface area is 127 Å². The van der Waals surface area contributed by atoms with Crippen LogP contribution in [0.5, 0.6) is 0 Å². The van der Waals surface area contributed by atoms with Crippen molar-refractivity contribution in [1.29, 1.82) is 0 Å². The smallest absolute Gasteiger partial charge is 0.268 e. The van der Waals surface area contributed by atoms with E-state index in [0.717, 1.165) is 9.20 Å². The molecule has 1 amide bonds. The number of carbonyl (C=O) groups is 1. The number of fused-ring (bicyclic) bond motifs is 1. The molecule has 2 aromatic rings. The molecule has 0 N–H and O–H groups in total. The summed E-state index contributed by atoms with van der Waals surface area (Å²) in [6.07, 6.45) is 0. The third-order valence-electron chi connectivity index (χ3n) is 3.33. The molecule has 1 aliphatic heterocycles. The zero-order chi connectivity index (χ0) is 15.0. The first-order valence-electron chi connectivity index (χ1n) is 6.36. The van der Waals surface area contributed by atoms with Crippen molar-refractivity contribution in [3.63, 3.8) is 0 Å². The molecule has 4 nitrogen and oxygen atoms in total. The van der Waals surface area contributed by atoms with Gasteiger partial charge in [-0.1, -0.05) is 30.3 Å². The molecule has 6 heteroatoms. The van der Waals surface area contributed by atoms with Crippen LogP contribution in [0, 0.1) is 6.92 Å². The van der Waals surface area contributed by atoms with E-state index >= 15 is 0 Å². The molecule has 2 aromatic carbocycles. The molecule has 3 rings (SSSR count). The molecule has 0 saturated heterocycles.